The number of benzene rings is 4. The summed E-state index contributed by atoms with van der Waals surface area (Å²) in [5.74, 6) is 0.812. The molecule has 4 aromatic rings. The molecular formula is C32H30N2O2S. The smallest absolute Gasteiger partial charge is 0.266 e. The number of fused-ring (bicyclic) bond motifs is 1. The first-order valence-electron chi connectivity index (χ1n) is 12.7. The molecule has 37 heavy (non-hydrogen) atoms. The molecule has 5 rings (SSSR count). The van der Waals surface area contributed by atoms with Gasteiger partial charge in [0.1, 0.15) is 12.4 Å². The molecule has 0 radical (unpaired) electrons. The minimum absolute atomic E-state index is 0.0144. The van der Waals surface area contributed by atoms with E-state index in [1.165, 1.54) is 28.1 Å². The van der Waals surface area contributed by atoms with Gasteiger partial charge < -0.3 is 4.74 Å². The van der Waals surface area contributed by atoms with Crippen LogP contribution in [0.1, 0.15) is 36.5 Å². The maximum absolute atomic E-state index is 13.2. The molecule has 186 valence electrons. The summed E-state index contributed by atoms with van der Waals surface area (Å²) in [6, 6.07) is 30.6. The van der Waals surface area contributed by atoms with E-state index in [2.05, 4.69) is 50.2 Å². The fourth-order valence-electron chi connectivity index (χ4n) is 4.23. The van der Waals surface area contributed by atoms with Crippen LogP contribution in [0.5, 0.6) is 5.75 Å². The number of carbonyl (C=O) groups is 1. The largest absolute Gasteiger partial charge is 0.489 e. The van der Waals surface area contributed by atoms with Crippen molar-refractivity contribution >= 4 is 45.4 Å². The highest BCUT2D eigenvalue weighted by molar-refractivity contribution is 8.18. The number of carbonyl (C=O) groups excluding carboxylic acids is 1. The third-order valence-corrected chi connectivity index (χ3v) is 7.34. The summed E-state index contributed by atoms with van der Waals surface area (Å²) in [6.07, 6.45) is 3.90. The highest BCUT2D eigenvalue weighted by Crippen LogP contribution is 2.34. The van der Waals surface area contributed by atoms with E-state index in [1.807, 2.05) is 65.6 Å². The molecule has 0 atom stereocenters. The minimum Gasteiger partial charge on any atom is -0.489 e. The van der Waals surface area contributed by atoms with Gasteiger partial charge >= 0.3 is 0 Å². The van der Waals surface area contributed by atoms with Crippen LogP contribution in [0.2, 0.25) is 0 Å². The first-order chi connectivity index (χ1) is 18.1. The zero-order valence-corrected chi connectivity index (χ0v) is 22.0. The molecule has 1 amide bonds. The number of ether oxygens (including phenoxy) is 1. The van der Waals surface area contributed by atoms with Crippen molar-refractivity contribution in [3.8, 4) is 5.75 Å². The number of hydrogen-bond acceptors (Lipinski definition) is 4. The molecule has 0 unspecified atom stereocenters. The van der Waals surface area contributed by atoms with Crippen molar-refractivity contribution in [1.82, 2.24) is 4.90 Å². The van der Waals surface area contributed by atoms with E-state index in [9.17, 15) is 4.79 Å². The van der Waals surface area contributed by atoms with Crippen LogP contribution < -0.4 is 4.74 Å². The van der Waals surface area contributed by atoms with Gasteiger partial charge in [-0.15, -0.1) is 0 Å². The number of amidine groups is 1. The molecule has 0 spiro atoms. The Hall–Kier alpha value is -3.83. The monoisotopic (exact) mass is 506 g/mol. The van der Waals surface area contributed by atoms with E-state index in [-0.39, 0.29) is 5.91 Å². The van der Waals surface area contributed by atoms with Gasteiger partial charge in [-0.3, -0.25) is 9.69 Å². The summed E-state index contributed by atoms with van der Waals surface area (Å²) < 4.78 is 6.08. The van der Waals surface area contributed by atoms with E-state index >= 15 is 0 Å². The molecule has 1 heterocycles. The minimum atomic E-state index is 0.0144. The number of hydrogen-bond donors (Lipinski definition) is 0. The topological polar surface area (TPSA) is 41.9 Å². The second kappa shape index (κ2) is 11.5. The van der Waals surface area contributed by atoms with E-state index in [0.29, 0.717) is 18.1 Å². The number of thioether (sulfide) groups is 1. The van der Waals surface area contributed by atoms with Crippen molar-refractivity contribution in [2.45, 2.75) is 33.3 Å². The van der Waals surface area contributed by atoms with Crippen molar-refractivity contribution in [1.29, 1.82) is 0 Å². The van der Waals surface area contributed by atoms with Gasteiger partial charge in [0.2, 0.25) is 0 Å². The molecule has 1 saturated heterocycles. The average molecular weight is 507 g/mol. The SMILES string of the molecule is CCCCN1C(=O)/C(=C\c2ccc(OCc3cccc4ccccc34)cc2)SC1=Nc1ccc(C)cc1. The molecule has 0 saturated carbocycles. The summed E-state index contributed by atoms with van der Waals surface area (Å²) in [4.78, 5) is 20.5. The maximum Gasteiger partial charge on any atom is 0.266 e. The Morgan fingerprint density at radius 3 is 2.46 bits per heavy atom. The van der Waals surface area contributed by atoms with Crippen molar-refractivity contribution in [2.24, 2.45) is 4.99 Å². The fraction of sp³-hybridized carbons (Fsp3) is 0.188. The lowest BCUT2D eigenvalue weighted by Crippen LogP contribution is -2.30. The lowest BCUT2D eigenvalue weighted by molar-refractivity contribution is -0.122. The molecule has 0 N–H and O–H groups in total. The van der Waals surface area contributed by atoms with E-state index in [1.54, 1.807) is 0 Å². The normalized spacial score (nSPS) is 15.7. The number of amides is 1. The summed E-state index contributed by atoms with van der Waals surface area (Å²) >= 11 is 1.44. The molecule has 4 aromatic carbocycles. The van der Waals surface area contributed by atoms with Crippen molar-refractivity contribution in [3.63, 3.8) is 0 Å². The number of unbranched alkanes of at least 4 members (excludes halogenated alkanes) is 1. The van der Waals surface area contributed by atoms with Gasteiger partial charge in [0.05, 0.1) is 10.6 Å². The average Bonchev–Trinajstić information content (AvgIpc) is 3.21. The lowest BCUT2D eigenvalue weighted by atomic mass is 10.1. The van der Waals surface area contributed by atoms with Crippen LogP contribution in [-0.2, 0) is 11.4 Å². The van der Waals surface area contributed by atoms with Gasteiger partial charge in [0.25, 0.3) is 5.91 Å². The second-order valence-electron chi connectivity index (χ2n) is 9.15. The Labute approximate surface area is 222 Å². The molecule has 4 nitrogen and oxygen atoms in total. The predicted molar refractivity (Wildman–Crippen MR) is 155 cm³/mol. The molecule has 1 fully saturated rings. The van der Waals surface area contributed by atoms with Crippen LogP contribution >= 0.6 is 11.8 Å². The van der Waals surface area contributed by atoms with Gasteiger partial charge in [-0.05, 0) is 77.3 Å². The number of aryl methyl sites for hydroxylation is 1. The second-order valence-corrected chi connectivity index (χ2v) is 10.2. The number of aliphatic imine (C=N–C) groups is 1. The molecule has 0 aliphatic carbocycles. The van der Waals surface area contributed by atoms with Gasteiger partial charge in [-0.2, -0.15) is 0 Å². The van der Waals surface area contributed by atoms with E-state index in [0.717, 1.165) is 40.6 Å². The first-order valence-corrected chi connectivity index (χ1v) is 13.5. The van der Waals surface area contributed by atoms with Gasteiger partial charge in [-0.25, -0.2) is 4.99 Å². The van der Waals surface area contributed by atoms with E-state index in [4.69, 9.17) is 9.73 Å². The summed E-state index contributed by atoms with van der Waals surface area (Å²) in [6.45, 7) is 5.36. The fourth-order valence-corrected chi connectivity index (χ4v) is 5.25. The number of rotatable bonds is 8. The summed E-state index contributed by atoms with van der Waals surface area (Å²) in [7, 11) is 0. The van der Waals surface area contributed by atoms with Gasteiger partial charge in [-0.1, -0.05) is 85.6 Å². The highest BCUT2D eigenvalue weighted by Gasteiger charge is 2.32. The zero-order chi connectivity index (χ0) is 25.6. The highest BCUT2D eigenvalue weighted by atomic mass is 32.2. The van der Waals surface area contributed by atoms with Crippen molar-refractivity contribution < 1.29 is 9.53 Å². The van der Waals surface area contributed by atoms with Crippen molar-refractivity contribution in [3.05, 3.63) is 113 Å². The van der Waals surface area contributed by atoms with Gasteiger partial charge in [0, 0.05) is 6.54 Å². The predicted octanol–water partition coefficient (Wildman–Crippen LogP) is 8.13. The molecule has 0 aromatic heterocycles. The summed E-state index contributed by atoms with van der Waals surface area (Å²) in [5.41, 5.74) is 4.16. The standard InChI is InChI=1S/C32H30N2O2S/c1-3-4-20-34-31(35)30(37-32(34)33-27-16-12-23(2)13-17-27)21-24-14-18-28(19-15-24)36-22-26-10-7-9-25-8-5-6-11-29(25)26/h5-19,21H,3-4,20,22H2,1-2H3/b30-21+,33-32?. The van der Waals surface area contributed by atoms with Gasteiger partial charge in [0.15, 0.2) is 5.17 Å². The third-order valence-electron chi connectivity index (χ3n) is 6.33. The summed E-state index contributed by atoms with van der Waals surface area (Å²) in [5, 5.41) is 3.16. The molecular weight excluding hydrogens is 476 g/mol. The maximum atomic E-state index is 13.2. The Kier molecular flexibility index (Phi) is 7.71. The Balaban J connectivity index is 1.31. The quantitative estimate of drug-likeness (QED) is 0.227. The lowest BCUT2D eigenvalue weighted by Gasteiger charge is -2.14. The Bertz CT molecular complexity index is 1450. The van der Waals surface area contributed by atoms with Crippen LogP contribution in [-0.4, -0.2) is 22.5 Å². The molecule has 0 bridgehead atoms. The van der Waals surface area contributed by atoms with E-state index < -0.39 is 0 Å². The van der Waals surface area contributed by atoms with Crippen LogP contribution in [0.15, 0.2) is 101 Å². The van der Waals surface area contributed by atoms with Crippen LogP contribution in [0.3, 0.4) is 0 Å². The molecule has 5 heteroatoms. The van der Waals surface area contributed by atoms with Crippen molar-refractivity contribution in [2.75, 3.05) is 6.54 Å². The number of nitrogens with zero attached hydrogens (tertiary/aromatic N) is 2. The molecule has 1 aliphatic rings. The Morgan fingerprint density at radius 1 is 0.919 bits per heavy atom. The molecule has 1 aliphatic heterocycles. The van der Waals surface area contributed by atoms with Crippen LogP contribution in [0.25, 0.3) is 16.8 Å². The first kappa shape index (κ1) is 24.8. The van der Waals surface area contributed by atoms with Crippen LogP contribution in [0, 0.1) is 6.92 Å². The zero-order valence-electron chi connectivity index (χ0n) is 21.2. The Morgan fingerprint density at radius 2 is 1.68 bits per heavy atom. The van der Waals surface area contributed by atoms with Crippen LogP contribution in [0.4, 0.5) is 5.69 Å². The third kappa shape index (κ3) is 5.95.